The van der Waals surface area contributed by atoms with Crippen molar-refractivity contribution in [2.24, 2.45) is 11.3 Å². The van der Waals surface area contributed by atoms with Crippen molar-refractivity contribution in [2.75, 3.05) is 26.3 Å². The normalized spacial score (nSPS) is 22.7. The van der Waals surface area contributed by atoms with E-state index in [2.05, 4.69) is 19.2 Å². The molecule has 2 nitrogen and oxygen atoms in total. The van der Waals surface area contributed by atoms with E-state index < -0.39 is 11.6 Å². The largest absolute Gasteiger partial charge is 0.381 e. The van der Waals surface area contributed by atoms with Crippen LogP contribution in [0, 0.1) is 23.0 Å². The van der Waals surface area contributed by atoms with Gasteiger partial charge in [-0.05, 0) is 49.4 Å². The molecule has 0 aromatic heterocycles. The second kappa shape index (κ2) is 7.32. The Morgan fingerprint density at radius 2 is 2.10 bits per heavy atom. The van der Waals surface area contributed by atoms with Crippen molar-refractivity contribution in [2.45, 2.75) is 33.1 Å². The maximum atomic E-state index is 13.4. The Morgan fingerprint density at radius 1 is 1.29 bits per heavy atom. The molecule has 1 fully saturated rings. The van der Waals surface area contributed by atoms with E-state index in [4.69, 9.17) is 4.74 Å². The molecule has 21 heavy (non-hydrogen) atoms. The Morgan fingerprint density at radius 3 is 2.71 bits per heavy atom. The fraction of sp³-hybridized carbons (Fsp3) is 0.647. The van der Waals surface area contributed by atoms with Gasteiger partial charge >= 0.3 is 0 Å². The molecule has 4 heteroatoms. The van der Waals surface area contributed by atoms with Crippen LogP contribution in [0.4, 0.5) is 8.78 Å². The Balaban J connectivity index is 2.05. The lowest BCUT2D eigenvalue weighted by Gasteiger charge is -2.37. The van der Waals surface area contributed by atoms with Gasteiger partial charge in [0.05, 0.1) is 6.61 Å². The molecule has 0 amide bonds. The summed E-state index contributed by atoms with van der Waals surface area (Å²) in [5.74, 6) is -0.963. The molecule has 0 saturated carbocycles. The smallest absolute Gasteiger partial charge is 0.159 e. The molecule has 0 aliphatic carbocycles. The highest BCUT2D eigenvalue weighted by molar-refractivity contribution is 5.19. The second-order valence-corrected chi connectivity index (χ2v) is 6.61. The molecule has 1 unspecified atom stereocenters. The average Bonchev–Trinajstić information content (AvgIpc) is 2.43. The van der Waals surface area contributed by atoms with E-state index in [1.54, 1.807) is 6.07 Å². The van der Waals surface area contributed by atoms with Crippen LogP contribution in [-0.2, 0) is 11.2 Å². The SMILES string of the molecule is CC(C)CNCC1(Cc2ccc(F)c(F)c2)CCCOC1. The fourth-order valence-electron chi connectivity index (χ4n) is 2.96. The van der Waals surface area contributed by atoms with E-state index in [-0.39, 0.29) is 5.41 Å². The molecular weight excluding hydrogens is 272 g/mol. The maximum absolute atomic E-state index is 13.4. The van der Waals surface area contributed by atoms with Crippen LogP contribution in [0.25, 0.3) is 0 Å². The molecule has 1 heterocycles. The van der Waals surface area contributed by atoms with Crippen molar-refractivity contribution in [3.8, 4) is 0 Å². The summed E-state index contributed by atoms with van der Waals surface area (Å²) >= 11 is 0. The van der Waals surface area contributed by atoms with E-state index in [0.29, 0.717) is 12.5 Å². The van der Waals surface area contributed by atoms with Crippen LogP contribution in [0.1, 0.15) is 32.3 Å². The third-order valence-electron chi connectivity index (χ3n) is 4.02. The van der Waals surface area contributed by atoms with Gasteiger partial charge in [-0.2, -0.15) is 0 Å². The van der Waals surface area contributed by atoms with Gasteiger partial charge in [-0.15, -0.1) is 0 Å². The molecule has 2 rings (SSSR count). The molecule has 1 aromatic rings. The van der Waals surface area contributed by atoms with Crippen LogP contribution in [0.5, 0.6) is 0 Å². The summed E-state index contributed by atoms with van der Waals surface area (Å²) in [6.07, 6.45) is 2.79. The Hall–Kier alpha value is -1.00. The minimum Gasteiger partial charge on any atom is -0.381 e. The average molecular weight is 297 g/mol. The predicted molar refractivity (Wildman–Crippen MR) is 80.3 cm³/mol. The van der Waals surface area contributed by atoms with Crippen LogP contribution in [0.2, 0.25) is 0 Å². The summed E-state index contributed by atoms with van der Waals surface area (Å²) in [6.45, 7) is 7.63. The third-order valence-corrected chi connectivity index (χ3v) is 4.02. The molecule has 0 bridgehead atoms. The molecule has 118 valence electrons. The summed E-state index contributed by atoms with van der Waals surface area (Å²) in [4.78, 5) is 0. The second-order valence-electron chi connectivity index (χ2n) is 6.61. The van der Waals surface area contributed by atoms with Crippen molar-refractivity contribution < 1.29 is 13.5 Å². The van der Waals surface area contributed by atoms with E-state index >= 15 is 0 Å². The number of ether oxygens (including phenoxy) is 1. The van der Waals surface area contributed by atoms with Crippen molar-refractivity contribution in [3.63, 3.8) is 0 Å². The van der Waals surface area contributed by atoms with Gasteiger partial charge in [-0.3, -0.25) is 0 Å². The summed E-state index contributed by atoms with van der Waals surface area (Å²) in [5.41, 5.74) is 0.822. The first kappa shape index (κ1) is 16.4. The Bertz CT molecular complexity index is 456. The van der Waals surface area contributed by atoms with Gasteiger partial charge in [0, 0.05) is 18.6 Å². The van der Waals surface area contributed by atoms with Gasteiger partial charge in [0.15, 0.2) is 11.6 Å². The number of benzene rings is 1. The molecule has 1 aliphatic heterocycles. The monoisotopic (exact) mass is 297 g/mol. The highest BCUT2D eigenvalue weighted by Gasteiger charge is 2.33. The number of halogens is 2. The zero-order valence-corrected chi connectivity index (χ0v) is 12.9. The molecule has 1 saturated heterocycles. The maximum Gasteiger partial charge on any atom is 0.159 e. The van der Waals surface area contributed by atoms with Gasteiger partial charge in [0.25, 0.3) is 0 Å². The first-order valence-corrected chi connectivity index (χ1v) is 7.73. The molecule has 0 spiro atoms. The summed E-state index contributed by atoms with van der Waals surface area (Å²) in [7, 11) is 0. The van der Waals surface area contributed by atoms with Gasteiger partial charge in [-0.1, -0.05) is 19.9 Å². The lowest BCUT2D eigenvalue weighted by Crippen LogP contribution is -2.43. The number of hydrogen-bond acceptors (Lipinski definition) is 2. The number of nitrogens with one attached hydrogen (secondary N) is 1. The fourth-order valence-corrected chi connectivity index (χ4v) is 2.96. The summed E-state index contributed by atoms with van der Waals surface area (Å²) in [5, 5.41) is 3.49. The number of rotatable bonds is 6. The zero-order valence-electron chi connectivity index (χ0n) is 12.9. The Kier molecular flexibility index (Phi) is 5.71. The molecule has 0 radical (unpaired) electrons. The summed E-state index contributed by atoms with van der Waals surface area (Å²) in [6, 6.07) is 4.20. The minimum atomic E-state index is -0.786. The lowest BCUT2D eigenvalue weighted by molar-refractivity contribution is -0.00743. The Labute approximate surface area is 125 Å². The highest BCUT2D eigenvalue weighted by Crippen LogP contribution is 2.32. The summed E-state index contributed by atoms with van der Waals surface area (Å²) < 4.78 is 32.1. The number of hydrogen-bond donors (Lipinski definition) is 1. The third kappa shape index (κ3) is 4.75. The van der Waals surface area contributed by atoms with E-state index in [1.807, 2.05) is 0 Å². The standard InChI is InChI=1S/C17H25F2NO/c1-13(2)10-20-11-17(6-3-7-21-12-17)9-14-4-5-15(18)16(19)8-14/h4-5,8,13,20H,3,6-7,9-12H2,1-2H3. The van der Waals surface area contributed by atoms with Crippen molar-refractivity contribution >= 4 is 0 Å². The molecule has 1 aromatic carbocycles. The lowest BCUT2D eigenvalue weighted by atomic mass is 9.77. The topological polar surface area (TPSA) is 21.3 Å². The van der Waals surface area contributed by atoms with Gasteiger partial charge in [-0.25, -0.2) is 8.78 Å². The van der Waals surface area contributed by atoms with Gasteiger partial charge in [0.1, 0.15) is 0 Å². The van der Waals surface area contributed by atoms with E-state index in [0.717, 1.165) is 44.5 Å². The van der Waals surface area contributed by atoms with Crippen LogP contribution in [0.3, 0.4) is 0 Å². The first-order valence-electron chi connectivity index (χ1n) is 7.73. The quantitative estimate of drug-likeness (QED) is 0.867. The van der Waals surface area contributed by atoms with Crippen LogP contribution < -0.4 is 5.32 Å². The van der Waals surface area contributed by atoms with Gasteiger partial charge in [0.2, 0.25) is 0 Å². The molecule has 1 aliphatic rings. The van der Waals surface area contributed by atoms with Crippen molar-refractivity contribution in [3.05, 3.63) is 35.4 Å². The van der Waals surface area contributed by atoms with Crippen LogP contribution >= 0.6 is 0 Å². The molecule has 1 N–H and O–H groups in total. The van der Waals surface area contributed by atoms with Crippen LogP contribution in [0.15, 0.2) is 18.2 Å². The van der Waals surface area contributed by atoms with E-state index in [1.165, 1.54) is 12.1 Å². The van der Waals surface area contributed by atoms with E-state index in [9.17, 15) is 8.78 Å². The first-order chi connectivity index (χ1) is 10.0. The molecule has 1 atom stereocenters. The predicted octanol–water partition coefficient (Wildman–Crippen LogP) is 3.55. The minimum absolute atomic E-state index is 0.0165. The zero-order chi connectivity index (χ0) is 15.3. The van der Waals surface area contributed by atoms with Crippen molar-refractivity contribution in [1.29, 1.82) is 0 Å². The van der Waals surface area contributed by atoms with Crippen LogP contribution in [-0.4, -0.2) is 26.3 Å². The van der Waals surface area contributed by atoms with Crippen molar-refractivity contribution in [1.82, 2.24) is 5.32 Å². The highest BCUT2D eigenvalue weighted by atomic mass is 19.2. The van der Waals surface area contributed by atoms with Gasteiger partial charge < -0.3 is 10.1 Å². The molecular formula is C17H25F2NO.